The topological polar surface area (TPSA) is 26.9 Å². The number of hydrogen-bond acceptors (Lipinski definition) is 2. The summed E-state index contributed by atoms with van der Waals surface area (Å²) in [6.07, 6.45) is 21.1. The Kier molecular flexibility index (Phi) is 10.9. The highest BCUT2D eigenvalue weighted by Gasteiger charge is 2.20. The van der Waals surface area contributed by atoms with Crippen molar-refractivity contribution in [2.45, 2.75) is 48.0 Å². The zero-order valence-corrected chi connectivity index (χ0v) is 28.5. The molecule has 3 aromatic heterocycles. The van der Waals surface area contributed by atoms with Crippen molar-refractivity contribution in [3.63, 3.8) is 0 Å². The highest BCUT2D eigenvalue weighted by molar-refractivity contribution is 7.24. The summed E-state index contributed by atoms with van der Waals surface area (Å²) in [5, 5.41) is 2.66. The van der Waals surface area contributed by atoms with E-state index in [-0.39, 0.29) is 5.43 Å². The third kappa shape index (κ3) is 5.49. The molecule has 0 atom stereocenters. The average Bonchev–Trinajstić information content (AvgIpc) is 3.56. The molecule has 6 aromatic rings. The van der Waals surface area contributed by atoms with Crippen LogP contribution in [-0.2, 0) is 6.42 Å². The number of nitrogens with zero attached hydrogens (tertiary/aromatic N) is 2. The van der Waals surface area contributed by atoms with Gasteiger partial charge in [-0.25, -0.2) is 0 Å². The first-order valence-corrected chi connectivity index (χ1v) is 16.5. The Morgan fingerprint density at radius 3 is 2.17 bits per heavy atom. The first-order chi connectivity index (χ1) is 22.5. The number of aromatic nitrogens is 2. The van der Waals surface area contributed by atoms with Crippen LogP contribution >= 0.6 is 11.3 Å². The van der Waals surface area contributed by atoms with Crippen molar-refractivity contribution in [3.8, 4) is 24.2 Å². The van der Waals surface area contributed by atoms with Crippen LogP contribution in [0.1, 0.15) is 68.4 Å². The Bertz CT molecular complexity index is 2210. The van der Waals surface area contributed by atoms with Gasteiger partial charge < -0.3 is 9.13 Å². The number of benzene rings is 3. The molecule has 3 aromatic carbocycles. The van der Waals surface area contributed by atoms with Crippen molar-refractivity contribution in [1.82, 2.24) is 9.13 Å². The Labute approximate surface area is 277 Å². The van der Waals surface area contributed by atoms with Gasteiger partial charge >= 0.3 is 0 Å². The molecule has 232 valence electrons. The summed E-state index contributed by atoms with van der Waals surface area (Å²) in [6, 6.07) is 20.8. The van der Waals surface area contributed by atoms with Crippen molar-refractivity contribution in [1.29, 1.82) is 0 Å². The lowest BCUT2D eigenvalue weighted by Gasteiger charge is -2.14. The predicted molar refractivity (Wildman–Crippen MR) is 207 cm³/mol. The van der Waals surface area contributed by atoms with Gasteiger partial charge in [-0.2, -0.15) is 0 Å². The highest BCUT2D eigenvalue weighted by atomic mass is 32.1. The maximum atomic E-state index is 14.3. The molecule has 0 fully saturated rings. The van der Waals surface area contributed by atoms with Crippen LogP contribution < -0.4 is 5.43 Å². The van der Waals surface area contributed by atoms with E-state index in [1.807, 2.05) is 45.9 Å². The third-order valence-electron chi connectivity index (χ3n) is 8.12. The molecule has 0 saturated heterocycles. The van der Waals surface area contributed by atoms with Gasteiger partial charge in [0.2, 0.25) is 0 Å². The van der Waals surface area contributed by atoms with Crippen molar-refractivity contribution >= 4 is 66.7 Å². The van der Waals surface area contributed by atoms with Crippen LogP contribution in [0.25, 0.3) is 66.8 Å². The lowest BCUT2D eigenvalue weighted by molar-refractivity contribution is 1.03. The molecule has 0 amide bonds. The van der Waals surface area contributed by atoms with Crippen LogP contribution in [0.5, 0.6) is 0 Å². The summed E-state index contributed by atoms with van der Waals surface area (Å²) < 4.78 is 6.40. The van der Waals surface area contributed by atoms with Gasteiger partial charge in [0.1, 0.15) is 0 Å². The van der Waals surface area contributed by atoms with Crippen LogP contribution in [0.2, 0.25) is 0 Å². The number of allylic oxidation sites excluding steroid dienone is 2. The summed E-state index contributed by atoms with van der Waals surface area (Å²) in [6.45, 7) is 20.6. The van der Waals surface area contributed by atoms with Crippen LogP contribution in [0.4, 0.5) is 0 Å². The first-order valence-electron chi connectivity index (χ1n) is 15.7. The molecule has 0 bridgehead atoms. The van der Waals surface area contributed by atoms with Gasteiger partial charge in [-0.05, 0) is 81.3 Å². The van der Waals surface area contributed by atoms with E-state index in [2.05, 4.69) is 128 Å². The van der Waals surface area contributed by atoms with E-state index >= 15 is 0 Å². The van der Waals surface area contributed by atoms with E-state index in [1.165, 1.54) is 16.5 Å². The highest BCUT2D eigenvalue weighted by Crippen LogP contribution is 2.36. The van der Waals surface area contributed by atoms with Gasteiger partial charge in [-0.1, -0.05) is 82.5 Å². The Balaban J connectivity index is 0.00000116. The lowest BCUT2D eigenvalue weighted by atomic mass is 10.1. The summed E-state index contributed by atoms with van der Waals surface area (Å²) in [7, 11) is 0. The monoisotopic (exact) mass is 622 g/mol. The average molecular weight is 623 g/mol. The van der Waals surface area contributed by atoms with Gasteiger partial charge in [0, 0.05) is 48.4 Å². The molecule has 0 aliphatic carbocycles. The number of rotatable bonds is 7. The second-order valence-electron chi connectivity index (χ2n) is 10.4. The van der Waals surface area contributed by atoms with E-state index in [4.69, 9.17) is 0 Å². The van der Waals surface area contributed by atoms with E-state index in [9.17, 15) is 4.79 Å². The molecule has 46 heavy (non-hydrogen) atoms. The molecule has 3 nitrogen and oxygen atoms in total. The Morgan fingerprint density at radius 1 is 0.804 bits per heavy atom. The molecule has 4 heteroatoms. The van der Waals surface area contributed by atoms with Crippen LogP contribution in [0.15, 0.2) is 90.8 Å². The number of para-hydroxylation sites is 1. The van der Waals surface area contributed by atoms with Crippen molar-refractivity contribution in [2.24, 2.45) is 0 Å². The largest absolute Gasteiger partial charge is 0.312 e. The smallest absolute Gasteiger partial charge is 0.197 e. The molecular formula is C42H42N2OS. The van der Waals surface area contributed by atoms with Gasteiger partial charge in [-0.15, -0.1) is 24.2 Å². The van der Waals surface area contributed by atoms with Gasteiger partial charge in [0.15, 0.2) is 5.43 Å². The van der Waals surface area contributed by atoms with Crippen molar-refractivity contribution < 1.29 is 0 Å². The minimum absolute atomic E-state index is 0.0526. The molecule has 6 rings (SSSR count). The molecule has 0 radical (unpaired) electrons. The first kappa shape index (κ1) is 33.8. The fraction of sp³-hybridized carbons (Fsp3) is 0.167. The van der Waals surface area contributed by atoms with E-state index in [1.54, 1.807) is 11.3 Å². The molecule has 0 unspecified atom stereocenters. The molecular weight excluding hydrogens is 581 g/mol. The Morgan fingerprint density at radius 2 is 1.52 bits per heavy atom. The summed E-state index contributed by atoms with van der Waals surface area (Å²) in [5.74, 6) is 0. The molecule has 0 aliphatic rings. The predicted octanol–water partition coefficient (Wildman–Crippen LogP) is 11.6. The fourth-order valence-electron chi connectivity index (χ4n) is 6.36. The maximum absolute atomic E-state index is 14.3. The van der Waals surface area contributed by atoms with Crippen LogP contribution in [0, 0.1) is 19.8 Å². The summed E-state index contributed by atoms with van der Waals surface area (Å²) in [4.78, 5) is 14.3. The van der Waals surface area contributed by atoms with Crippen molar-refractivity contribution in [3.05, 3.63) is 130 Å². The van der Waals surface area contributed by atoms with Gasteiger partial charge in [0.25, 0.3) is 0 Å². The molecule has 0 N–H and O–H groups in total. The molecule has 0 aliphatic heterocycles. The van der Waals surface area contributed by atoms with E-state index in [0.717, 1.165) is 66.1 Å². The minimum atomic E-state index is 0.0526. The van der Waals surface area contributed by atoms with E-state index in [0.29, 0.717) is 0 Å². The van der Waals surface area contributed by atoms with Gasteiger partial charge in [0.05, 0.1) is 22.3 Å². The quantitative estimate of drug-likeness (QED) is 0.129. The van der Waals surface area contributed by atoms with E-state index < -0.39 is 0 Å². The zero-order valence-electron chi connectivity index (χ0n) is 27.7. The van der Waals surface area contributed by atoms with Crippen LogP contribution in [-0.4, -0.2) is 9.13 Å². The fourth-order valence-corrected chi connectivity index (χ4v) is 7.50. The standard InChI is InChI=1S/C38H34N2OS.C2H6.C2H2/c1-7-15-28-24(6)39(33-18-13-12-17-29(28)33)34-19-14-20-35-37(34)38(41)30-22-21-25(23-36(30)42-35)40-31(11-5)26(9-3)27(10-4)32(40)16-8-2;2*1-2/h7-9,11-23H,3,5,10H2,1-2,4,6H3;1-2H3;1-2H/b15-7-,16-8-;;. The van der Waals surface area contributed by atoms with Crippen LogP contribution in [0.3, 0.4) is 0 Å². The van der Waals surface area contributed by atoms with Crippen molar-refractivity contribution in [2.75, 3.05) is 0 Å². The number of terminal acetylenes is 1. The second-order valence-corrected chi connectivity index (χ2v) is 11.5. The van der Waals surface area contributed by atoms with Gasteiger partial charge in [-0.3, -0.25) is 4.79 Å². The lowest BCUT2D eigenvalue weighted by Crippen LogP contribution is -2.08. The summed E-state index contributed by atoms with van der Waals surface area (Å²) >= 11 is 1.66. The zero-order chi connectivity index (χ0) is 33.5. The normalized spacial score (nSPS) is 11.1. The molecule has 3 heterocycles. The molecule has 0 spiro atoms. The molecule has 0 saturated carbocycles. The SMILES string of the molecule is C#C.C=Cc1c(CC)c(/C=C\C)n(-c2ccc3c(=O)c4c(-n5c(C)c(/C=C\C)c6ccccc65)cccc4sc3c2)c1C=C.CC. The second kappa shape index (κ2) is 14.8. The minimum Gasteiger partial charge on any atom is -0.312 e. The third-order valence-corrected chi connectivity index (χ3v) is 9.24. The summed E-state index contributed by atoms with van der Waals surface area (Å²) in [5.41, 5.74) is 9.84. The number of hydrogen-bond donors (Lipinski definition) is 0. The number of fused-ring (bicyclic) bond motifs is 3. The Hall–Kier alpha value is -5.11. The maximum Gasteiger partial charge on any atom is 0.197 e.